The predicted octanol–water partition coefficient (Wildman–Crippen LogP) is 3.07. The van der Waals surface area contributed by atoms with E-state index in [1.807, 2.05) is 18.2 Å². The molecule has 0 aliphatic heterocycles. The van der Waals surface area contributed by atoms with E-state index in [2.05, 4.69) is 18.0 Å². The first-order valence-electron chi connectivity index (χ1n) is 5.71. The van der Waals surface area contributed by atoms with Crippen molar-refractivity contribution < 1.29 is 4.74 Å². The fourth-order valence-electron chi connectivity index (χ4n) is 1.54. The van der Waals surface area contributed by atoms with Crippen molar-refractivity contribution in [2.24, 2.45) is 5.73 Å². The van der Waals surface area contributed by atoms with Gasteiger partial charge in [-0.25, -0.2) is 4.98 Å². The van der Waals surface area contributed by atoms with Crippen LogP contribution >= 0.6 is 12.2 Å². The molecule has 0 spiro atoms. The summed E-state index contributed by atoms with van der Waals surface area (Å²) < 4.78 is 5.66. The van der Waals surface area contributed by atoms with E-state index in [1.54, 1.807) is 18.3 Å². The van der Waals surface area contributed by atoms with Crippen LogP contribution in [0.3, 0.4) is 0 Å². The number of rotatable bonds is 4. The van der Waals surface area contributed by atoms with Crippen LogP contribution in [0, 0.1) is 0 Å². The van der Waals surface area contributed by atoms with Gasteiger partial charge in [0.25, 0.3) is 0 Å². The minimum Gasteiger partial charge on any atom is -0.439 e. The molecule has 0 radical (unpaired) electrons. The van der Waals surface area contributed by atoms with E-state index in [-0.39, 0.29) is 0 Å². The number of ether oxygens (including phenoxy) is 1. The number of nitrogens with two attached hydrogens (primary N) is 1. The molecule has 0 aliphatic carbocycles. The predicted molar refractivity (Wildman–Crippen MR) is 76.0 cm³/mol. The van der Waals surface area contributed by atoms with E-state index in [0.29, 0.717) is 10.9 Å². The highest BCUT2D eigenvalue weighted by Gasteiger charge is 2.01. The Morgan fingerprint density at radius 2 is 2.17 bits per heavy atom. The molecule has 2 aromatic rings. The summed E-state index contributed by atoms with van der Waals surface area (Å²) in [6, 6.07) is 11.5. The number of aromatic nitrogens is 1. The van der Waals surface area contributed by atoms with E-state index in [4.69, 9.17) is 22.7 Å². The first-order chi connectivity index (χ1) is 8.69. The average molecular weight is 258 g/mol. The molecule has 1 aromatic carbocycles. The lowest BCUT2D eigenvalue weighted by Gasteiger charge is -2.06. The third kappa shape index (κ3) is 3.05. The molecule has 0 bridgehead atoms. The third-order valence-corrected chi connectivity index (χ3v) is 2.79. The van der Waals surface area contributed by atoms with Crippen molar-refractivity contribution in [3.63, 3.8) is 0 Å². The number of nitrogens with zero attached hydrogens (tertiary/aromatic N) is 1. The van der Waals surface area contributed by atoms with Crippen molar-refractivity contribution in [3.05, 3.63) is 53.7 Å². The van der Waals surface area contributed by atoms with Crippen molar-refractivity contribution in [1.29, 1.82) is 0 Å². The van der Waals surface area contributed by atoms with Crippen molar-refractivity contribution >= 4 is 17.2 Å². The molecule has 0 saturated heterocycles. The Morgan fingerprint density at radius 1 is 1.33 bits per heavy atom. The Labute approximate surface area is 112 Å². The van der Waals surface area contributed by atoms with Crippen LogP contribution in [0.1, 0.15) is 18.1 Å². The first kappa shape index (κ1) is 12.5. The second-order valence-electron chi connectivity index (χ2n) is 3.85. The van der Waals surface area contributed by atoms with E-state index in [9.17, 15) is 0 Å². The Balaban J connectivity index is 2.15. The van der Waals surface area contributed by atoms with Gasteiger partial charge in [0.15, 0.2) is 0 Å². The minimum atomic E-state index is 0.335. The van der Waals surface area contributed by atoms with Crippen molar-refractivity contribution in [2.75, 3.05) is 0 Å². The lowest BCUT2D eigenvalue weighted by atomic mass is 10.2. The van der Waals surface area contributed by atoms with Gasteiger partial charge in [0.05, 0.1) is 0 Å². The van der Waals surface area contributed by atoms with Crippen molar-refractivity contribution in [1.82, 2.24) is 4.98 Å². The van der Waals surface area contributed by atoms with Crippen LogP contribution in [0.5, 0.6) is 11.6 Å². The zero-order valence-corrected chi connectivity index (χ0v) is 10.9. The summed E-state index contributed by atoms with van der Waals surface area (Å²) in [6.45, 7) is 2.11. The van der Waals surface area contributed by atoms with Crippen LogP contribution in [0.15, 0.2) is 42.6 Å². The molecule has 0 saturated carbocycles. The largest absolute Gasteiger partial charge is 0.439 e. The summed E-state index contributed by atoms with van der Waals surface area (Å²) >= 11 is 4.86. The van der Waals surface area contributed by atoms with E-state index in [1.165, 1.54) is 5.56 Å². The number of thiocarbonyl (C=S) groups is 1. The lowest BCUT2D eigenvalue weighted by molar-refractivity contribution is 0.462. The fraction of sp³-hybridized carbons (Fsp3) is 0.143. The standard InChI is InChI=1S/C14H14N2OS/c1-2-10-4-3-5-12(8-10)17-13-7-6-11(9-16-13)14(15)18/h3-9H,2H2,1H3,(H2,15,18). The summed E-state index contributed by atoms with van der Waals surface area (Å²) in [6.07, 6.45) is 2.59. The number of aryl methyl sites for hydroxylation is 1. The molecule has 1 heterocycles. The summed E-state index contributed by atoms with van der Waals surface area (Å²) in [7, 11) is 0. The second-order valence-corrected chi connectivity index (χ2v) is 4.29. The molecule has 0 atom stereocenters. The zero-order valence-electron chi connectivity index (χ0n) is 10.1. The Hall–Kier alpha value is -1.94. The van der Waals surface area contributed by atoms with Gasteiger partial charge in [-0.15, -0.1) is 0 Å². The highest BCUT2D eigenvalue weighted by Crippen LogP contribution is 2.20. The van der Waals surface area contributed by atoms with Crippen LogP contribution in [0.4, 0.5) is 0 Å². The zero-order chi connectivity index (χ0) is 13.0. The minimum absolute atomic E-state index is 0.335. The molecule has 0 fully saturated rings. The molecule has 2 N–H and O–H groups in total. The maximum Gasteiger partial charge on any atom is 0.219 e. The normalized spacial score (nSPS) is 10.1. The SMILES string of the molecule is CCc1cccc(Oc2ccc(C(N)=S)cn2)c1. The maximum atomic E-state index is 5.66. The Morgan fingerprint density at radius 3 is 2.78 bits per heavy atom. The number of pyridine rings is 1. The van der Waals surface area contributed by atoms with Gasteiger partial charge in [-0.3, -0.25) is 0 Å². The summed E-state index contributed by atoms with van der Waals surface area (Å²) in [5.41, 5.74) is 7.47. The molecule has 2 rings (SSSR count). The van der Waals surface area contributed by atoms with Gasteiger partial charge in [-0.2, -0.15) is 0 Å². The van der Waals surface area contributed by atoms with Crippen LogP contribution in [-0.2, 0) is 6.42 Å². The van der Waals surface area contributed by atoms with E-state index in [0.717, 1.165) is 17.7 Å². The quantitative estimate of drug-likeness (QED) is 0.856. The lowest BCUT2D eigenvalue weighted by Crippen LogP contribution is -2.09. The Kier molecular flexibility index (Phi) is 3.89. The van der Waals surface area contributed by atoms with Crippen molar-refractivity contribution in [3.8, 4) is 11.6 Å². The van der Waals surface area contributed by atoms with Crippen LogP contribution in [0.2, 0.25) is 0 Å². The fourth-order valence-corrected chi connectivity index (χ4v) is 1.66. The molecule has 18 heavy (non-hydrogen) atoms. The Bertz CT molecular complexity index is 552. The van der Waals surface area contributed by atoms with Gasteiger partial charge >= 0.3 is 0 Å². The van der Waals surface area contributed by atoms with Gasteiger partial charge in [0, 0.05) is 17.8 Å². The van der Waals surface area contributed by atoms with Gasteiger partial charge in [0.2, 0.25) is 5.88 Å². The molecule has 4 heteroatoms. The van der Waals surface area contributed by atoms with Crippen LogP contribution < -0.4 is 10.5 Å². The summed E-state index contributed by atoms with van der Waals surface area (Å²) in [5, 5.41) is 0. The average Bonchev–Trinajstić information content (AvgIpc) is 2.39. The number of hydrogen-bond donors (Lipinski definition) is 1. The van der Waals surface area contributed by atoms with Crippen LogP contribution in [-0.4, -0.2) is 9.97 Å². The van der Waals surface area contributed by atoms with E-state index < -0.39 is 0 Å². The highest BCUT2D eigenvalue weighted by atomic mass is 32.1. The first-order valence-corrected chi connectivity index (χ1v) is 6.12. The second kappa shape index (κ2) is 5.60. The smallest absolute Gasteiger partial charge is 0.219 e. The molecule has 3 nitrogen and oxygen atoms in total. The molecule has 0 amide bonds. The molecule has 1 aromatic heterocycles. The van der Waals surface area contributed by atoms with Gasteiger partial charge in [-0.05, 0) is 30.2 Å². The molecule has 0 unspecified atom stereocenters. The third-order valence-electron chi connectivity index (χ3n) is 2.55. The molecule has 92 valence electrons. The van der Waals surface area contributed by atoms with Crippen LogP contribution in [0.25, 0.3) is 0 Å². The molecular weight excluding hydrogens is 244 g/mol. The van der Waals surface area contributed by atoms with Gasteiger partial charge in [-0.1, -0.05) is 31.3 Å². The van der Waals surface area contributed by atoms with Crippen molar-refractivity contribution in [2.45, 2.75) is 13.3 Å². The monoisotopic (exact) mass is 258 g/mol. The highest BCUT2D eigenvalue weighted by molar-refractivity contribution is 7.80. The summed E-state index contributed by atoms with van der Waals surface area (Å²) in [5.74, 6) is 1.31. The number of hydrogen-bond acceptors (Lipinski definition) is 3. The van der Waals surface area contributed by atoms with Gasteiger partial charge < -0.3 is 10.5 Å². The molecular formula is C14H14N2OS. The number of benzene rings is 1. The maximum absolute atomic E-state index is 5.66. The van der Waals surface area contributed by atoms with Gasteiger partial charge in [0.1, 0.15) is 10.7 Å². The van der Waals surface area contributed by atoms with E-state index >= 15 is 0 Å². The topological polar surface area (TPSA) is 48.1 Å². The summed E-state index contributed by atoms with van der Waals surface area (Å²) in [4.78, 5) is 4.50. The molecule has 0 aliphatic rings.